The van der Waals surface area contributed by atoms with Gasteiger partial charge in [0.1, 0.15) is 0 Å². The number of carbonyl (C=O) groups excluding carboxylic acids is 1. The van der Waals surface area contributed by atoms with Crippen LogP contribution in [0.15, 0.2) is 53.0 Å². The molecule has 3 nitrogen and oxygen atoms in total. The molecule has 1 amide bonds. The number of amides is 1. The molecule has 0 aliphatic rings. The maximum Gasteiger partial charge on any atom is 0.234 e. The zero-order chi connectivity index (χ0) is 15.1. The maximum atomic E-state index is 11.9. The molecule has 21 heavy (non-hydrogen) atoms. The number of rotatable bonds is 5. The van der Waals surface area contributed by atoms with Crippen LogP contribution in [-0.2, 0) is 10.5 Å². The second kappa shape index (κ2) is 7.87. The average Bonchev–Trinajstić information content (AvgIpc) is 2.47. The first-order valence-electron chi connectivity index (χ1n) is 6.30. The van der Waals surface area contributed by atoms with E-state index < -0.39 is 0 Å². The third-order valence-corrected chi connectivity index (χ3v) is 4.21. The smallest absolute Gasteiger partial charge is 0.234 e. The first kappa shape index (κ1) is 15.6. The molecular formula is C16H13BrN2OS. The van der Waals surface area contributed by atoms with E-state index in [-0.39, 0.29) is 5.91 Å². The van der Waals surface area contributed by atoms with Gasteiger partial charge < -0.3 is 5.32 Å². The molecule has 2 aromatic carbocycles. The molecule has 0 radical (unpaired) electrons. The van der Waals surface area contributed by atoms with Gasteiger partial charge in [-0.25, -0.2) is 0 Å². The molecule has 0 saturated heterocycles. The Morgan fingerprint density at radius 2 is 2.05 bits per heavy atom. The molecule has 2 rings (SSSR count). The van der Waals surface area contributed by atoms with Crippen LogP contribution in [0.25, 0.3) is 0 Å². The molecular weight excluding hydrogens is 348 g/mol. The van der Waals surface area contributed by atoms with Crippen LogP contribution in [0.4, 0.5) is 5.69 Å². The molecule has 0 aliphatic heterocycles. The minimum Gasteiger partial charge on any atom is -0.325 e. The van der Waals surface area contributed by atoms with Crippen molar-refractivity contribution in [2.24, 2.45) is 0 Å². The normalized spacial score (nSPS) is 9.90. The van der Waals surface area contributed by atoms with Gasteiger partial charge in [0.15, 0.2) is 0 Å². The fraction of sp³-hybridized carbons (Fsp3) is 0.125. The van der Waals surface area contributed by atoms with Gasteiger partial charge in [-0.05, 0) is 29.8 Å². The topological polar surface area (TPSA) is 52.9 Å². The summed E-state index contributed by atoms with van der Waals surface area (Å²) in [5, 5.41) is 11.8. The van der Waals surface area contributed by atoms with Crippen molar-refractivity contribution < 1.29 is 4.79 Å². The van der Waals surface area contributed by atoms with E-state index in [1.807, 2.05) is 42.5 Å². The second-order valence-corrected chi connectivity index (χ2v) is 6.22. The van der Waals surface area contributed by atoms with Gasteiger partial charge in [-0.3, -0.25) is 4.79 Å². The number of halogens is 1. The fourth-order valence-corrected chi connectivity index (χ4v) is 3.00. The lowest BCUT2D eigenvalue weighted by atomic mass is 10.1. The predicted molar refractivity (Wildman–Crippen MR) is 90.1 cm³/mol. The van der Waals surface area contributed by atoms with E-state index in [4.69, 9.17) is 5.26 Å². The molecule has 0 fully saturated rings. The zero-order valence-electron chi connectivity index (χ0n) is 11.2. The molecule has 2 aromatic rings. The highest BCUT2D eigenvalue weighted by atomic mass is 79.9. The third kappa shape index (κ3) is 4.92. The summed E-state index contributed by atoms with van der Waals surface area (Å²) in [6, 6.07) is 17.1. The van der Waals surface area contributed by atoms with Crippen LogP contribution < -0.4 is 5.32 Å². The summed E-state index contributed by atoms with van der Waals surface area (Å²) in [7, 11) is 0. The highest BCUT2D eigenvalue weighted by Crippen LogP contribution is 2.18. The predicted octanol–water partition coefficient (Wildman–Crippen LogP) is 4.19. The summed E-state index contributed by atoms with van der Waals surface area (Å²) in [5.41, 5.74) is 2.39. The lowest BCUT2D eigenvalue weighted by Crippen LogP contribution is -2.14. The molecule has 5 heteroatoms. The Morgan fingerprint density at radius 3 is 2.81 bits per heavy atom. The Bertz CT molecular complexity index is 682. The summed E-state index contributed by atoms with van der Waals surface area (Å²) in [4.78, 5) is 11.9. The largest absolute Gasteiger partial charge is 0.325 e. The Kier molecular flexibility index (Phi) is 5.85. The van der Waals surface area contributed by atoms with E-state index >= 15 is 0 Å². The van der Waals surface area contributed by atoms with Gasteiger partial charge in [-0.1, -0.05) is 40.2 Å². The first-order chi connectivity index (χ1) is 10.2. The van der Waals surface area contributed by atoms with Gasteiger partial charge in [-0.2, -0.15) is 5.26 Å². The zero-order valence-corrected chi connectivity index (χ0v) is 13.6. The van der Waals surface area contributed by atoms with Crippen LogP contribution in [0.2, 0.25) is 0 Å². The van der Waals surface area contributed by atoms with E-state index in [0.717, 1.165) is 15.7 Å². The van der Waals surface area contributed by atoms with Crippen LogP contribution in [0.1, 0.15) is 11.1 Å². The molecule has 0 heterocycles. The third-order valence-electron chi connectivity index (χ3n) is 2.74. The summed E-state index contributed by atoms with van der Waals surface area (Å²) in [6.07, 6.45) is 0. The molecule has 0 atom stereocenters. The highest BCUT2D eigenvalue weighted by Gasteiger charge is 2.05. The molecule has 1 N–H and O–H groups in total. The van der Waals surface area contributed by atoms with Gasteiger partial charge in [0.2, 0.25) is 5.91 Å². The molecule has 0 spiro atoms. The highest BCUT2D eigenvalue weighted by molar-refractivity contribution is 9.10. The number of anilines is 1. The van der Waals surface area contributed by atoms with Crippen molar-refractivity contribution in [3.63, 3.8) is 0 Å². The van der Waals surface area contributed by atoms with Gasteiger partial charge in [0, 0.05) is 15.9 Å². The first-order valence-corrected chi connectivity index (χ1v) is 8.25. The Balaban J connectivity index is 1.83. The number of nitrogens with zero attached hydrogens (tertiary/aromatic N) is 1. The second-order valence-electron chi connectivity index (χ2n) is 4.32. The molecule has 106 valence electrons. The number of nitrogens with one attached hydrogen (secondary N) is 1. The summed E-state index contributed by atoms with van der Waals surface area (Å²) in [5.74, 6) is 0.953. The molecule has 0 bridgehead atoms. The monoisotopic (exact) mass is 360 g/mol. The van der Waals surface area contributed by atoms with Crippen molar-refractivity contribution in [2.75, 3.05) is 11.1 Å². The molecule has 0 aliphatic carbocycles. The van der Waals surface area contributed by atoms with Crippen LogP contribution in [-0.4, -0.2) is 11.7 Å². The van der Waals surface area contributed by atoms with Crippen molar-refractivity contribution in [1.29, 1.82) is 5.26 Å². The molecule has 0 aromatic heterocycles. The van der Waals surface area contributed by atoms with E-state index in [1.165, 1.54) is 11.8 Å². The van der Waals surface area contributed by atoms with Crippen molar-refractivity contribution in [3.05, 3.63) is 64.1 Å². The number of thioether (sulfide) groups is 1. The average molecular weight is 361 g/mol. The lowest BCUT2D eigenvalue weighted by molar-refractivity contribution is -0.113. The van der Waals surface area contributed by atoms with Crippen molar-refractivity contribution >= 4 is 39.3 Å². The number of benzene rings is 2. The van der Waals surface area contributed by atoms with E-state index in [2.05, 4.69) is 27.3 Å². The van der Waals surface area contributed by atoms with Crippen LogP contribution >= 0.6 is 27.7 Å². The minimum atomic E-state index is -0.0486. The van der Waals surface area contributed by atoms with Gasteiger partial charge in [-0.15, -0.1) is 11.8 Å². The quantitative estimate of drug-likeness (QED) is 0.869. The Labute approximate surface area is 136 Å². The number of nitriles is 1. The fourth-order valence-electron chi connectivity index (χ4n) is 1.77. The number of hydrogen-bond acceptors (Lipinski definition) is 3. The molecule has 0 saturated carbocycles. The lowest BCUT2D eigenvalue weighted by Gasteiger charge is -2.06. The van der Waals surface area contributed by atoms with Crippen molar-refractivity contribution in [2.45, 2.75) is 5.75 Å². The maximum absolute atomic E-state index is 11.9. The summed E-state index contributed by atoms with van der Waals surface area (Å²) < 4.78 is 0.927. The van der Waals surface area contributed by atoms with Gasteiger partial charge in [0.05, 0.1) is 17.4 Å². The van der Waals surface area contributed by atoms with Crippen LogP contribution in [0.5, 0.6) is 0 Å². The number of hydrogen-bond donors (Lipinski definition) is 1. The molecule has 0 unspecified atom stereocenters. The van der Waals surface area contributed by atoms with Crippen molar-refractivity contribution in [1.82, 2.24) is 0 Å². The summed E-state index contributed by atoms with van der Waals surface area (Å²) >= 11 is 4.86. The van der Waals surface area contributed by atoms with E-state index in [9.17, 15) is 4.79 Å². The van der Waals surface area contributed by atoms with Gasteiger partial charge >= 0.3 is 0 Å². The summed E-state index contributed by atoms with van der Waals surface area (Å²) in [6.45, 7) is 0. The van der Waals surface area contributed by atoms with Gasteiger partial charge in [0.25, 0.3) is 0 Å². The Hall–Kier alpha value is -1.77. The number of carbonyl (C=O) groups is 1. The van der Waals surface area contributed by atoms with E-state index in [1.54, 1.807) is 6.07 Å². The van der Waals surface area contributed by atoms with Crippen molar-refractivity contribution in [3.8, 4) is 6.07 Å². The van der Waals surface area contributed by atoms with Crippen LogP contribution in [0, 0.1) is 11.3 Å². The Morgan fingerprint density at radius 1 is 1.24 bits per heavy atom. The standard InChI is InChI=1S/C16H13BrN2OS/c17-14-6-3-7-15(8-14)19-16(20)11-21-10-13-5-2-1-4-12(13)9-18/h1-8H,10-11H2,(H,19,20). The van der Waals surface area contributed by atoms with Crippen LogP contribution in [0.3, 0.4) is 0 Å². The minimum absolute atomic E-state index is 0.0486. The van der Waals surface area contributed by atoms with E-state index in [0.29, 0.717) is 17.1 Å². The SMILES string of the molecule is N#Cc1ccccc1CSCC(=O)Nc1cccc(Br)c1.